The van der Waals surface area contributed by atoms with E-state index in [9.17, 15) is 21.6 Å². The van der Waals surface area contributed by atoms with E-state index in [1.54, 1.807) is 0 Å². The third-order valence-electron chi connectivity index (χ3n) is 4.63. The van der Waals surface area contributed by atoms with Gasteiger partial charge >= 0.3 is 6.18 Å². The monoisotopic (exact) mass is 390 g/mol. The molecule has 0 N–H and O–H groups in total. The normalized spacial score (nSPS) is 19.5. The Balaban J connectivity index is 2.03. The second-order valence-corrected chi connectivity index (χ2v) is 8.76. The van der Waals surface area contributed by atoms with Gasteiger partial charge in [0.1, 0.15) is 0 Å². The Bertz CT molecular complexity index is 908. The van der Waals surface area contributed by atoms with E-state index in [0.717, 1.165) is 36.6 Å². The summed E-state index contributed by atoms with van der Waals surface area (Å²) < 4.78 is 64.8. The molecule has 1 unspecified atom stereocenters. The first-order valence-electron chi connectivity index (χ1n) is 8.48. The molecule has 1 atom stereocenters. The largest absolute Gasteiger partial charge is 0.435 e. The molecule has 3 heterocycles. The van der Waals surface area contributed by atoms with Crippen molar-refractivity contribution in [1.82, 2.24) is 19.5 Å². The highest BCUT2D eigenvalue weighted by Crippen LogP contribution is 2.33. The zero-order valence-electron chi connectivity index (χ0n) is 14.6. The van der Waals surface area contributed by atoms with Gasteiger partial charge in [0.2, 0.25) is 0 Å². The standard InChI is InChI=1S/C16H21F3N4O2S/c1-3-4-11-7-8-22(9-11)10-12-15(16(17,18)19)20-13-5-6-14(21-23(12)13)26(2,24)25/h5-6,11H,3-4,7-10H2,1-2H3. The molecule has 2 aromatic heterocycles. The van der Waals surface area contributed by atoms with E-state index in [4.69, 9.17) is 0 Å². The number of fused-ring (bicyclic) bond motifs is 1. The van der Waals surface area contributed by atoms with Gasteiger partial charge in [0.25, 0.3) is 0 Å². The molecule has 2 aromatic rings. The Hall–Kier alpha value is -1.68. The third kappa shape index (κ3) is 3.85. The average Bonchev–Trinajstić information content (AvgIpc) is 3.11. The van der Waals surface area contributed by atoms with Gasteiger partial charge in [-0.15, -0.1) is 0 Å². The predicted octanol–water partition coefficient (Wildman–Crippen LogP) is 2.77. The van der Waals surface area contributed by atoms with E-state index >= 15 is 0 Å². The number of alkyl halides is 3. The van der Waals surface area contributed by atoms with Crippen LogP contribution in [0.25, 0.3) is 5.65 Å². The lowest BCUT2D eigenvalue weighted by Crippen LogP contribution is -2.24. The van der Waals surface area contributed by atoms with E-state index in [1.165, 1.54) is 12.1 Å². The number of rotatable bonds is 5. The molecule has 0 aliphatic carbocycles. The molecule has 144 valence electrons. The van der Waals surface area contributed by atoms with Crippen LogP contribution in [0.3, 0.4) is 0 Å². The van der Waals surface area contributed by atoms with Crippen LogP contribution in [0.15, 0.2) is 17.2 Å². The smallest absolute Gasteiger partial charge is 0.297 e. The van der Waals surface area contributed by atoms with Crippen LogP contribution in [0, 0.1) is 5.92 Å². The first kappa shape index (κ1) is 19.1. The van der Waals surface area contributed by atoms with Crippen molar-refractivity contribution in [2.45, 2.75) is 43.9 Å². The van der Waals surface area contributed by atoms with Gasteiger partial charge in [0, 0.05) is 19.3 Å². The average molecular weight is 390 g/mol. The minimum atomic E-state index is -4.63. The van der Waals surface area contributed by atoms with Crippen molar-refractivity contribution in [3.63, 3.8) is 0 Å². The van der Waals surface area contributed by atoms with Crippen LogP contribution in [0.2, 0.25) is 0 Å². The number of hydrogen-bond acceptors (Lipinski definition) is 5. The Morgan fingerprint density at radius 2 is 2.04 bits per heavy atom. The van der Waals surface area contributed by atoms with Gasteiger partial charge in [-0.25, -0.2) is 17.9 Å². The van der Waals surface area contributed by atoms with Crippen molar-refractivity contribution >= 4 is 15.5 Å². The molecule has 1 aliphatic heterocycles. The Labute approximate surface area is 149 Å². The van der Waals surface area contributed by atoms with Crippen molar-refractivity contribution in [2.24, 2.45) is 5.92 Å². The van der Waals surface area contributed by atoms with Crippen molar-refractivity contribution in [3.8, 4) is 0 Å². The quantitative estimate of drug-likeness (QED) is 0.785. The second kappa shape index (κ2) is 6.80. The van der Waals surface area contributed by atoms with Crippen LogP contribution in [0.5, 0.6) is 0 Å². The first-order valence-corrected chi connectivity index (χ1v) is 10.4. The number of hydrogen-bond donors (Lipinski definition) is 0. The van der Waals surface area contributed by atoms with E-state index in [0.29, 0.717) is 12.5 Å². The first-order chi connectivity index (χ1) is 12.1. The number of nitrogens with zero attached hydrogens (tertiary/aromatic N) is 4. The Kier molecular flexibility index (Phi) is 5.00. The molecular formula is C16H21F3N4O2S. The van der Waals surface area contributed by atoms with Crippen molar-refractivity contribution in [1.29, 1.82) is 0 Å². The highest BCUT2D eigenvalue weighted by molar-refractivity contribution is 7.90. The summed E-state index contributed by atoms with van der Waals surface area (Å²) >= 11 is 0. The van der Waals surface area contributed by atoms with Crippen molar-refractivity contribution in [2.75, 3.05) is 19.3 Å². The summed E-state index contributed by atoms with van der Waals surface area (Å²) in [6, 6.07) is 2.43. The Morgan fingerprint density at radius 3 is 2.65 bits per heavy atom. The van der Waals surface area contributed by atoms with Gasteiger partial charge in [-0.1, -0.05) is 13.3 Å². The second-order valence-electron chi connectivity index (χ2n) is 6.80. The predicted molar refractivity (Wildman–Crippen MR) is 89.4 cm³/mol. The molecule has 3 rings (SSSR count). The van der Waals surface area contributed by atoms with Crippen LogP contribution in [0.1, 0.15) is 37.6 Å². The van der Waals surface area contributed by atoms with Gasteiger partial charge in [0.15, 0.2) is 26.2 Å². The Morgan fingerprint density at radius 1 is 1.31 bits per heavy atom. The lowest BCUT2D eigenvalue weighted by Gasteiger charge is -2.17. The zero-order chi connectivity index (χ0) is 19.1. The van der Waals surface area contributed by atoms with E-state index < -0.39 is 21.7 Å². The summed E-state index contributed by atoms with van der Waals surface area (Å²) in [5.41, 5.74) is -1.13. The fraction of sp³-hybridized carbons (Fsp3) is 0.625. The van der Waals surface area contributed by atoms with Gasteiger partial charge in [-0.2, -0.15) is 18.3 Å². The molecule has 10 heteroatoms. The van der Waals surface area contributed by atoms with Crippen LogP contribution in [-0.4, -0.2) is 47.3 Å². The molecule has 0 spiro atoms. The minimum absolute atomic E-state index is 0.0102. The maximum Gasteiger partial charge on any atom is 0.435 e. The van der Waals surface area contributed by atoms with Crippen LogP contribution < -0.4 is 0 Å². The van der Waals surface area contributed by atoms with E-state index in [2.05, 4.69) is 17.0 Å². The summed E-state index contributed by atoms with van der Waals surface area (Å²) in [5, 5.41) is 3.64. The highest BCUT2D eigenvalue weighted by atomic mass is 32.2. The zero-order valence-corrected chi connectivity index (χ0v) is 15.4. The van der Waals surface area contributed by atoms with E-state index in [1.807, 2.05) is 4.90 Å². The van der Waals surface area contributed by atoms with Crippen LogP contribution >= 0.6 is 0 Å². The molecule has 0 saturated carbocycles. The lowest BCUT2D eigenvalue weighted by atomic mass is 10.0. The number of aromatic nitrogens is 3. The number of sulfone groups is 1. The summed E-state index contributed by atoms with van der Waals surface area (Å²) in [7, 11) is -3.64. The number of likely N-dealkylation sites (tertiary alicyclic amines) is 1. The van der Waals surface area contributed by atoms with E-state index in [-0.39, 0.29) is 22.9 Å². The maximum atomic E-state index is 13.5. The lowest BCUT2D eigenvalue weighted by molar-refractivity contribution is -0.141. The van der Waals surface area contributed by atoms with Gasteiger partial charge in [-0.05, 0) is 37.4 Å². The van der Waals surface area contributed by atoms with Gasteiger partial charge in [0.05, 0.1) is 5.69 Å². The summed E-state index contributed by atoms with van der Waals surface area (Å²) in [5.74, 6) is 0.480. The molecule has 0 amide bonds. The molecule has 6 nitrogen and oxygen atoms in total. The fourth-order valence-electron chi connectivity index (χ4n) is 3.44. The fourth-order valence-corrected chi connectivity index (χ4v) is 3.99. The molecule has 1 fully saturated rings. The molecule has 1 aliphatic rings. The van der Waals surface area contributed by atoms with Crippen molar-refractivity contribution in [3.05, 3.63) is 23.5 Å². The molecule has 26 heavy (non-hydrogen) atoms. The third-order valence-corrected chi connectivity index (χ3v) is 5.61. The van der Waals surface area contributed by atoms with Crippen LogP contribution in [-0.2, 0) is 22.6 Å². The summed E-state index contributed by atoms with van der Waals surface area (Å²) in [6.07, 6.45) is -0.615. The number of halogens is 3. The molecule has 0 bridgehead atoms. The molecule has 0 aromatic carbocycles. The molecular weight excluding hydrogens is 369 g/mol. The summed E-state index contributed by atoms with van der Waals surface area (Å²) in [4.78, 5) is 5.61. The van der Waals surface area contributed by atoms with Gasteiger partial charge in [-0.3, -0.25) is 4.90 Å². The molecule has 0 radical (unpaired) electrons. The van der Waals surface area contributed by atoms with Gasteiger partial charge < -0.3 is 0 Å². The van der Waals surface area contributed by atoms with Crippen LogP contribution in [0.4, 0.5) is 13.2 Å². The molecule has 1 saturated heterocycles. The highest BCUT2D eigenvalue weighted by Gasteiger charge is 2.39. The van der Waals surface area contributed by atoms with Crippen molar-refractivity contribution < 1.29 is 21.6 Å². The minimum Gasteiger partial charge on any atom is -0.297 e. The number of imidazole rings is 1. The SMILES string of the molecule is CCCC1CCN(Cc2c(C(F)(F)F)nc3ccc(S(C)(=O)=O)nn23)C1. The topological polar surface area (TPSA) is 67.6 Å². The maximum absolute atomic E-state index is 13.5. The summed E-state index contributed by atoms with van der Waals surface area (Å²) in [6.45, 7) is 3.56.